The highest BCUT2D eigenvalue weighted by Crippen LogP contribution is 2.17. The molecular weight excluding hydrogens is 332 g/mol. The number of imidazole rings is 1. The first kappa shape index (κ1) is 16.1. The van der Waals surface area contributed by atoms with Crippen molar-refractivity contribution in [3.05, 3.63) is 59.0 Å². The number of nitrogens with one attached hydrogen (secondary N) is 3. The number of aromatic nitrogens is 5. The number of carbonyl (C=O) groups is 1. The fourth-order valence-corrected chi connectivity index (χ4v) is 3.04. The van der Waals surface area contributed by atoms with Crippen molar-refractivity contribution in [2.45, 2.75) is 19.4 Å². The summed E-state index contributed by atoms with van der Waals surface area (Å²) in [7, 11) is 0. The van der Waals surface area contributed by atoms with Crippen LogP contribution in [0.4, 0.5) is 0 Å². The predicted molar refractivity (Wildman–Crippen MR) is 97.8 cm³/mol. The smallest absolute Gasteiger partial charge is 0.278 e. The molecule has 0 aliphatic heterocycles. The molecule has 132 valence electrons. The van der Waals surface area contributed by atoms with Crippen LogP contribution in [0.1, 0.15) is 12.0 Å². The number of fused-ring (bicyclic) bond motifs is 2. The van der Waals surface area contributed by atoms with Gasteiger partial charge in [0.2, 0.25) is 5.91 Å². The number of aryl methyl sites for hydroxylation is 1. The van der Waals surface area contributed by atoms with Crippen molar-refractivity contribution in [1.82, 2.24) is 29.8 Å². The minimum absolute atomic E-state index is 0.0449. The monoisotopic (exact) mass is 350 g/mol. The number of hydrogen-bond acceptors (Lipinski definition) is 4. The molecule has 0 saturated heterocycles. The van der Waals surface area contributed by atoms with Crippen molar-refractivity contribution in [3.8, 4) is 0 Å². The van der Waals surface area contributed by atoms with Crippen LogP contribution in [-0.4, -0.2) is 37.0 Å². The van der Waals surface area contributed by atoms with Gasteiger partial charge in [-0.25, -0.2) is 9.97 Å². The zero-order valence-corrected chi connectivity index (χ0v) is 14.0. The number of aromatic amines is 2. The molecule has 4 rings (SSSR count). The molecule has 3 N–H and O–H groups in total. The summed E-state index contributed by atoms with van der Waals surface area (Å²) in [5, 5.41) is 4.12. The molecule has 0 bridgehead atoms. The van der Waals surface area contributed by atoms with E-state index in [1.807, 2.05) is 24.4 Å². The fourth-order valence-electron chi connectivity index (χ4n) is 3.04. The third-order valence-corrected chi connectivity index (χ3v) is 4.38. The van der Waals surface area contributed by atoms with Crippen molar-refractivity contribution < 1.29 is 4.79 Å². The first-order valence-corrected chi connectivity index (χ1v) is 8.42. The van der Waals surface area contributed by atoms with E-state index in [2.05, 4.69) is 31.3 Å². The van der Waals surface area contributed by atoms with E-state index in [9.17, 15) is 9.59 Å². The van der Waals surface area contributed by atoms with Crippen LogP contribution in [0.5, 0.6) is 0 Å². The summed E-state index contributed by atoms with van der Waals surface area (Å²) < 4.78 is 1.71. The molecule has 8 nitrogen and oxygen atoms in total. The largest absolute Gasteiger partial charge is 0.361 e. The van der Waals surface area contributed by atoms with Crippen molar-refractivity contribution in [2.24, 2.45) is 0 Å². The van der Waals surface area contributed by atoms with Gasteiger partial charge in [0.25, 0.3) is 5.56 Å². The SMILES string of the molecule is O=C(CCn1cnc2c(=O)[nH]cnc21)NCCc1c[nH]c2ccccc12. The van der Waals surface area contributed by atoms with E-state index < -0.39 is 0 Å². The van der Waals surface area contributed by atoms with Crippen molar-refractivity contribution in [1.29, 1.82) is 0 Å². The van der Waals surface area contributed by atoms with Gasteiger partial charge in [-0.2, -0.15) is 0 Å². The molecule has 8 heteroatoms. The molecule has 4 aromatic rings. The summed E-state index contributed by atoms with van der Waals surface area (Å²) in [6, 6.07) is 8.10. The molecule has 0 atom stereocenters. The third kappa shape index (κ3) is 3.08. The molecule has 3 heterocycles. The average Bonchev–Trinajstić information content (AvgIpc) is 3.25. The zero-order chi connectivity index (χ0) is 17.9. The van der Waals surface area contributed by atoms with Gasteiger partial charge in [-0.15, -0.1) is 0 Å². The van der Waals surface area contributed by atoms with Gasteiger partial charge in [0, 0.05) is 36.6 Å². The van der Waals surface area contributed by atoms with Gasteiger partial charge in [0.1, 0.15) is 0 Å². The Bertz CT molecular complexity index is 1120. The standard InChI is InChI=1S/C18H18N6O2/c25-15(6-8-24-11-23-16-17(24)21-10-22-18(16)26)19-7-5-12-9-20-14-4-2-1-3-13(12)14/h1-4,9-11,20H,5-8H2,(H,19,25)(H,21,22,26). The Kier molecular flexibility index (Phi) is 4.22. The molecule has 0 aliphatic rings. The maximum absolute atomic E-state index is 12.1. The second-order valence-corrected chi connectivity index (χ2v) is 6.05. The van der Waals surface area contributed by atoms with Crippen LogP contribution in [0.25, 0.3) is 22.1 Å². The van der Waals surface area contributed by atoms with Crippen LogP contribution in [0.15, 0.2) is 47.9 Å². The van der Waals surface area contributed by atoms with Crippen LogP contribution < -0.4 is 10.9 Å². The minimum atomic E-state index is -0.281. The maximum atomic E-state index is 12.1. The Balaban J connectivity index is 1.31. The van der Waals surface area contributed by atoms with E-state index in [1.165, 1.54) is 23.6 Å². The summed E-state index contributed by atoms with van der Waals surface area (Å²) in [4.78, 5) is 37.6. The van der Waals surface area contributed by atoms with Crippen LogP contribution in [0.3, 0.4) is 0 Å². The van der Waals surface area contributed by atoms with E-state index >= 15 is 0 Å². The lowest BCUT2D eigenvalue weighted by atomic mass is 10.1. The lowest BCUT2D eigenvalue weighted by Crippen LogP contribution is -2.26. The molecule has 0 aliphatic carbocycles. The minimum Gasteiger partial charge on any atom is -0.361 e. The van der Waals surface area contributed by atoms with Crippen LogP contribution in [0.2, 0.25) is 0 Å². The predicted octanol–water partition coefficient (Wildman–Crippen LogP) is 1.35. The van der Waals surface area contributed by atoms with Crippen LogP contribution >= 0.6 is 0 Å². The van der Waals surface area contributed by atoms with Gasteiger partial charge in [-0.1, -0.05) is 18.2 Å². The molecule has 1 aromatic carbocycles. The summed E-state index contributed by atoms with van der Waals surface area (Å²) in [6.07, 6.45) is 5.92. The van der Waals surface area contributed by atoms with E-state index in [0.29, 0.717) is 25.2 Å². The summed E-state index contributed by atoms with van der Waals surface area (Å²) in [5.41, 5.74) is 2.78. The van der Waals surface area contributed by atoms with E-state index in [0.717, 1.165) is 11.9 Å². The fraction of sp³-hybridized carbons (Fsp3) is 0.222. The number of rotatable bonds is 6. The lowest BCUT2D eigenvalue weighted by molar-refractivity contribution is -0.121. The van der Waals surface area contributed by atoms with Crippen molar-refractivity contribution in [3.63, 3.8) is 0 Å². The molecule has 0 spiro atoms. The molecule has 3 aromatic heterocycles. The first-order chi connectivity index (χ1) is 12.7. The Morgan fingerprint density at radius 1 is 1.19 bits per heavy atom. The number of carbonyl (C=O) groups excluding carboxylic acids is 1. The highest BCUT2D eigenvalue weighted by Gasteiger charge is 2.09. The van der Waals surface area contributed by atoms with Crippen LogP contribution in [-0.2, 0) is 17.8 Å². The number of amides is 1. The molecule has 1 amide bonds. The Morgan fingerprint density at radius 2 is 2.08 bits per heavy atom. The third-order valence-electron chi connectivity index (χ3n) is 4.38. The number of H-pyrrole nitrogens is 2. The number of para-hydroxylation sites is 1. The van der Waals surface area contributed by atoms with Gasteiger partial charge in [0.05, 0.1) is 12.7 Å². The summed E-state index contributed by atoms with van der Waals surface area (Å²) in [6.45, 7) is 0.995. The van der Waals surface area contributed by atoms with E-state index in [-0.39, 0.29) is 17.0 Å². The molecule has 0 saturated carbocycles. The van der Waals surface area contributed by atoms with Crippen molar-refractivity contribution in [2.75, 3.05) is 6.54 Å². The van der Waals surface area contributed by atoms with Gasteiger partial charge in [-0.05, 0) is 18.1 Å². The van der Waals surface area contributed by atoms with Crippen LogP contribution in [0, 0.1) is 0 Å². The lowest BCUT2D eigenvalue weighted by Gasteiger charge is -2.06. The van der Waals surface area contributed by atoms with Gasteiger partial charge >= 0.3 is 0 Å². The zero-order valence-electron chi connectivity index (χ0n) is 14.0. The number of benzene rings is 1. The Hall–Kier alpha value is -3.42. The number of nitrogens with zero attached hydrogens (tertiary/aromatic N) is 3. The second-order valence-electron chi connectivity index (χ2n) is 6.05. The Labute approximate surface area is 148 Å². The average molecular weight is 350 g/mol. The second kappa shape index (κ2) is 6.83. The van der Waals surface area contributed by atoms with Gasteiger partial charge in [-0.3, -0.25) is 9.59 Å². The van der Waals surface area contributed by atoms with Gasteiger partial charge in [0.15, 0.2) is 11.2 Å². The van der Waals surface area contributed by atoms with E-state index in [1.54, 1.807) is 4.57 Å². The summed E-state index contributed by atoms with van der Waals surface area (Å²) in [5.74, 6) is -0.0449. The number of hydrogen-bond donors (Lipinski definition) is 3. The summed E-state index contributed by atoms with van der Waals surface area (Å²) >= 11 is 0. The highest BCUT2D eigenvalue weighted by atomic mass is 16.1. The quantitative estimate of drug-likeness (QED) is 0.488. The molecule has 0 fully saturated rings. The highest BCUT2D eigenvalue weighted by molar-refractivity contribution is 5.83. The Morgan fingerprint density at radius 3 is 3.00 bits per heavy atom. The van der Waals surface area contributed by atoms with E-state index in [4.69, 9.17) is 0 Å². The molecule has 0 radical (unpaired) electrons. The van der Waals surface area contributed by atoms with Crippen molar-refractivity contribution >= 4 is 28.0 Å². The maximum Gasteiger partial charge on any atom is 0.278 e. The molecule has 0 unspecified atom stereocenters. The normalized spacial score (nSPS) is 11.2. The van der Waals surface area contributed by atoms with Gasteiger partial charge < -0.3 is 19.9 Å². The first-order valence-electron chi connectivity index (χ1n) is 8.42. The molecular formula is C18H18N6O2. The topological polar surface area (TPSA) is 108 Å². The molecule has 26 heavy (non-hydrogen) atoms.